The number of carbonyl (C=O) groups is 2. The van der Waals surface area contributed by atoms with Gasteiger partial charge in [-0.2, -0.15) is 13.2 Å². The van der Waals surface area contributed by atoms with E-state index in [1.165, 1.54) is 0 Å². The van der Waals surface area contributed by atoms with Gasteiger partial charge in [0.15, 0.2) is 0 Å². The molecule has 1 saturated heterocycles. The zero-order valence-electron chi connectivity index (χ0n) is 18.4. The summed E-state index contributed by atoms with van der Waals surface area (Å²) in [7, 11) is 2.10. The van der Waals surface area contributed by atoms with Gasteiger partial charge < -0.3 is 15.4 Å². The highest BCUT2D eigenvalue weighted by Gasteiger charge is 2.38. The molecule has 13 heteroatoms. The van der Waals surface area contributed by atoms with Gasteiger partial charge in [-0.05, 0) is 60.5 Å². The normalized spacial score (nSPS) is 18.7. The molecule has 2 aromatic heterocycles. The molecule has 5 rings (SSSR count). The average Bonchev–Trinajstić information content (AvgIpc) is 3.46. The zero-order chi connectivity index (χ0) is 25.2. The highest BCUT2D eigenvalue weighted by Crippen LogP contribution is 2.29. The first-order chi connectivity index (χ1) is 16.6. The van der Waals surface area contributed by atoms with Crippen molar-refractivity contribution in [3.63, 3.8) is 0 Å². The molecule has 1 fully saturated rings. The first-order valence-electron chi connectivity index (χ1n) is 10.6. The van der Waals surface area contributed by atoms with Gasteiger partial charge in [0.05, 0.1) is 17.1 Å². The summed E-state index contributed by atoms with van der Waals surface area (Å²) in [6.45, 7) is 0.888. The van der Waals surface area contributed by atoms with E-state index in [0.717, 1.165) is 36.2 Å². The van der Waals surface area contributed by atoms with Crippen LogP contribution < -0.4 is 5.32 Å². The zero-order valence-corrected chi connectivity index (χ0v) is 18.4. The van der Waals surface area contributed by atoms with Crippen LogP contribution in [0, 0.1) is 0 Å². The Morgan fingerprint density at radius 3 is 2.57 bits per heavy atom. The summed E-state index contributed by atoms with van der Waals surface area (Å²) in [4.78, 5) is 32.1. The fraction of sp³-hybridized carbons (Fsp3) is 0.318. The fourth-order valence-corrected chi connectivity index (χ4v) is 3.86. The molecule has 10 nitrogen and oxygen atoms in total. The third kappa shape index (κ3) is 5.57. The molecule has 184 valence electrons. The second kappa shape index (κ2) is 9.70. The monoisotopic (exact) mass is 490 g/mol. The molecule has 3 heterocycles. The third-order valence-corrected chi connectivity index (χ3v) is 5.69. The number of benzene rings is 2. The number of para-hydroxylation sites is 2. The average molecular weight is 490 g/mol. The van der Waals surface area contributed by atoms with Crippen molar-refractivity contribution in [2.75, 3.05) is 13.6 Å². The van der Waals surface area contributed by atoms with Crippen LogP contribution in [0.15, 0.2) is 47.1 Å². The number of nitrogens with zero attached hydrogens (tertiary/aromatic N) is 4. The Morgan fingerprint density at radius 2 is 1.86 bits per heavy atom. The number of hydrogen-bond donors (Lipinski definition) is 3. The molecule has 3 N–H and O–H groups in total. The number of imidazole rings is 1. The van der Waals surface area contributed by atoms with Gasteiger partial charge in [0.2, 0.25) is 0 Å². The second-order valence-electron chi connectivity index (χ2n) is 8.10. The molecule has 2 aromatic carbocycles. The highest BCUT2D eigenvalue weighted by atomic mass is 19.4. The number of alkyl halides is 3. The minimum Gasteiger partial charge on any atom is -0.475 e. The Bertz CT molecular complexity index is 1320. The predicted octanol–water partition coefficient (Wildman–Crippen LogP) is 3.30. The van der Waals surface area contributed by atoms with Crippen LogP contribution in [0.3, 0.4) is 0 Å². The summed E-state index contributed by atoms with van der Waals surface area (Å²) < 4.78 is 36.4. The van der Waals surface area contributed by atoms with Crippen molar-refractivity contribution in [1.82, 2.24) is 30.5 Å². The molecule has 0 unspecified atom stereocenters. The molecular formula is C22H21F3N6O4. The van der Waals surface area contributed by atoms with Crippen LogP contribution in [0.1, 0.15) is 35.1 Å². The van der Waals surface area contributed by atoms with E-state index in [9.17, 15) is 18.0 Å². The number of likely N-dealkylation sites (tertiary alicyclic amines) is 1. The van der Waals surface area contributed by atoms with Gasteiger partial charge in [-0.1, -0.05) is 12.1 Å². The van der Waals surface area contributed by atoms with Crippen molar-refractivity contribution in [2.24, 2.45) is 0 Å². The van der Waals surface area contributed by atoms with Crippen LogP contribution in [-0.2, 0) is 4.79 Å². The van der Waals surface area contributed by atoms with Gasteiger partial charge in [0.25, 0.3) is 5.91 Å². The van der Waals surface area contributed by atoms with Crippen LogP contribution in [0.5, 0.6) is 0 Å². The number of nitrogens with one attached hydrogen (secondary N) is 2. The summed E-state index contributed by atoms with van der Waals surface area (Å²) in [6, 6.07) is 13.4. The van der Waals surface area contributed by atoms with E-state index in [1.54, 1.807) is 18.2 Å². The number of amides is 1. The van der Waals surface area contributed by atoms with E-state index >= 15 is 0 Å². The minimum absolute atomic E-state index is 0.0769. The van der Waals surface area contributed by atoms with Crippen molar-refractivity contribution in [1.29, 1.82) is 0 Å². The van der Waals surface area contributed by atoms with Gasteiger partial charge >= 0.3 is 12.1 Å². The Morgan fingerprint density at radius 1 is 1.14 bits per heavy atom. The summed E-state index contributed by atoms with van der Waals surface area (Å²) in [5.41, 5.74) is 3.78. The Hall–Kier alpha value is -4.00. The number of rotatable bonds is 3. The smallest absolute Gasteiger partial charge is 0.475 e. The second-order valence-corrected chi connectivity index (χ2v) is 8.10. The number of halogens is 3. The van der Waals surface area contributed by atoms with Crippen molar-refractivity contribution in [2.45, 2.75) is 31.1 Å². The maximum absolute atomic E-state index is 12.7. The molecule has 1 amide bonds. The maximum Gasteiger partial charge on any atom is 0.490 e. The SMILES string of the molecule is CN1CC[C@@H](NC(=O)c2ccc3nonc3c2)C[C@@H]1c1nc2ccccc2[nH]1.O=C(O)C(F)(F)F. The lowest BCUT2D eigenvalue weighted by molar-refractivity contribution is -0.192. The first kappa shape index (κ1) is 24.1. The van der Waals surface area contributed by atoms with Gasteiger partial charge in [0.1, 0.15) is 16.9 Å². The number of hydrogen-bond acceptors (Lipinski definition) is 7. The molecular weight excluding hydrogens is 469 g/mol. The molecule has 1 aliphatic rings. The number of fused-ring (bicyclic) bond motifs is 2. The van der Waals surface area contributed by atoms with Crippen LogP contribution >= 0.6 is 0 Å². The van der Waals surface area contributed by atoms with Crippen molar-refractivity contribution >= 4 is 33.9 Å². The van der Waals surface area contributed by atoms with Crippen LogP contribution in [0.25, 0.3) is 22.1 Å². The third-order valence-electron chi connectivity index (χ3n) is 5.69. The summed E-state index contributed by atoms with van der Waals surface area (Å²) in [6.07, 6.45) is -3.39. The number of carboxylic acid groups (broad SMARTS) is 1. The van der Waals surface area contributed by atoms with E-state index in [2.05, 4.69) is 32.6 Å². The van der Waals surface area contributed by atoms with Crippen LogP contribution in [0.2, 0.25) is 0 Å². The molecule has 35 heavy (non-hydrogen) atoms. The molecule has 1 aliphatic heterocycles. The lowest BCUT2D eigenvalue weighted by atomic mass is 9.96. The van der Waals surface area contributed by atoms with E-state index < -0.39 is 12.1 Å². The Balaban J connectivity index is 0.000000364. The number of H-pyrrole nitrogens is 1. The van der Waals surface area contributed by atoms with E-state index in [4.69, 9.17) is 19.5 Å². The number of carboxylic acids is 1. The fourth-order valence-electron chi connectivity index (χ4n) is 3.86. The molecule has 0 bridgehead atoms. The quantitative estimate of drug-likeness (QED) is 0.398. The number of carbonyl (C=O) groups excluding carboxylic acids is 1. The molecule has 0 radical (unpaired) electrons. The van der Waals surface area contributed by atoms with E-state index in [1.807, 2.05) is 24.3 Å². The number of piperidine rings is 1. The van der Waals surface area contributed by atoms with Gasteiger partial charge in [-0.15, -0.1) is 0 Å². The summed E-state index contributed by atoms with van der Waals surface area (Å²) >= 11 is 0. The maximum atomic E-state index is 12.7. The molecule has 0 spiro atoms. The highest BCUT2D eigenvalue weighted by molar-refractivity contribution is 5.97. The summed E-state index contributed by atoms with van der Waals surface area (Å²) in [5.74, 6) is -1.92. The van der Waals surface area contributed by atoms with Gasteiger partial charge in [-0.25, -0.2) is 14.4 Å². The van der Waals surface area contributed by atoms with E-state index in [0.29, 0.717) is 16.6 Å². The van der Waals surface area contributed by atoms with Crippen LogP contribution in [0.4, 0.5) is 13.2 Å². The topological polar surface area (TPSA) is 137 Å². The van der Waals surface area contributed by atoms with Crippen LogP contribution in [-0.4, -0.2) is 68.0 Å². The van der Waals surface area contributed by atoms with Gasteiger partial charge in [-0.3, -0.25) is 9.69 Å². The van der Waals surface area contributed by atoms with E-state index in [-0.39, 0.29) is 18.0 Å². The molecule has 2 atom stereocenters. The largest absolute Gasteiger partial charge is 0.490 e. The molecule has 0 saturated carbocycles. The Labute approximate surface area is 196 Å². The van der Waals surface area contributed by atoms with Crippen molar-refractivity contribution in [3.8, 4) is 0 Å². The minimum atomic E-state index is -5.08. The molecule has 0 aliphatic carbocycles. The number of aromatic amines is 1. The first-order valence-corrected chi connectivity index (χ1v) is 10.6. The molecule has 4 aromatic rings. The standard InChI is InChI=1S/C20H20N6O2.C2HF3O2/c1-26-9-8-13(11-18(26)19-22-14-4-2-3-5-15(14)23-19)21-20(27)12-6-7-16-17(10-12)25-28-24-16;3-2(4,5)1(6)7/h2-7,10,13,18H,8-9,11H2,1H3,(H,21,27)(H,22,23);(H,6,7)/t13-,18-;/m1./s1. The summed E-state index contributed by atoms with van der Waals surface area (Å²) in [5, 5.41) is 17.9. The van der Waals surface area contributed by atoms with Crippen molar-refractivity contribution < 1.29 is 32.5 Å². The number of aliphatic carboxylic acids is 1. The van der Waals surface area contributed by atoms with Crippen molar-refractivity contribution in [3.05, 3.63) is 53.9 Å². The predicted molar refractivity (Wildman–Crippen MR) is 117 cm³/mol. The number of aromatic nitrogens is 4. The Kier molecular flexibility index (Phi) is 6.69. The lowest BCUT2D eigenvalue weighted by Crippen LogP contribution is -2.45. The lowest BCUT2D eigenvalue weighted by Gasteiger charge is -2.36. The van der Waals surface area contributed by atoms with Gasteiger partial charge in [0, 0.05) is 18.2 Å².